The Morgan fingerprint density at radius 2 is 1.71 bits per heavy atom. The van der Waals surface area contributed by atoms with E-state index in [1.807, 2.05) is 0 Å². The van der Waals surface area contributed by atoms with Gasteiger partial charge in [-0.25, -0.2) is 12.8 Å². The van der Waals surface area contributed by atoms with Gasteiger partial charge in [-0.1, -0.05) is 34.8 Å². The lowest BCUT2D eigenvalue weighted by molar-refractivity contribution is 0.601. The SMILES string of the molecule is Nc1c(Cl)ccc(S(=O)(=O)Nc2ccc(F)cc2Cl)c1Cl. The summed E-state index contributed by atoms with van der Waals surface area (Å²) in [6.45, 7) is 0. The molecule has 112 valence electrons. The second kappa shape index (κ2) is 5.88. The third-order valence-corrected chi connectivity index (χ3v) is 5.13. The number of hydrogen-bond acceptors (Lipinski definition) is 3. The minimum atomic E-state index is -4.05. The fourth-order valence-electron chi connectivity index (χ4n) is 1.53. The van der Waals surface area contributed by atoms with Crippen LogP contribution in [0.1, 0.15) is 0 Å². The fraction of sp³-hybridized carbons (Fsp3) is 0. The molecule has 21 heavy (non-hydrogen) atoms. The normalized spacial score (nSPS) is 11.4. The van der Waals surface area contributed by atoms with Crippen LogP contribution in [0.3, 0.4) is 0 Å². The minimum absolute atomic E-state index is 0.0163. The van der Waals surface area contributed by atoms with E-state index in [9.17, 15) is 12.8 Å². The third kappa shape index (κ3) is 3.35. The Balaban J connectivity index is 2.46. The van der Waals surface area contributed by atoms with Crippen molar-refractivity contribution < 1.29 is 12.8 Å². The van der Waals surface area contributed by atoms with Crippen molar-refractivity contribution in [2.75, 3.05) is 10.5 Å². The summed E-state index contributed by atoms with van der Waals surface area (Å²) in [5.41, 5.74) is 5.56. The highest BCUT2D eigenvalue weighted by Gasteiger charge is 2.21. The minimum Gasteiger partial charge on any atom is -0.396 e. The monoisotopic (exact) mass is 368 g/mol. The molecule has 0 aliphatic rings. The zero-order chi connectivity index (χ0) is 15.8. The molecule has 2 aromatic carbocycles. The first-order valence-electron chi connectivity index (χ1n) is 5.43. The average molecular weight is 370 g/mol. The van der Waals surface area contributed by atoms with Crippen molar-refractivity contribution in [1.29, 1.82) is 0 Å². The van der Waals surface area contributed by atoms with Gasteiger partial charge in [0.25, 0.3) is 10.0 Å². The Bertz CT molecular complexity index is 812. The predicted molar refractivity (Wildman–Crippen MR) is 83.1 cm³/mol. The fourth-order valence-corrected chi connectivity index (χ4v) is 3.65. The largest absolute Gasteiger partial charge is 0.396 e. The molecule has 4 nitrogen and oxygen atoms in total. The molecule has 0 heterocycles. The first-order valence-corrected chi connectivity index (χ1v) is 8.05. The van der Waals surface area contributed by atoms with Crippen molar-refractivity contribution in [1.82, 2.24) is 0 Å². The second-order valence-electron chi connectivity index (χ2n) is 4.00. The number of nitrogen functional groups attached to an aromatic ring is 1. The zero-order valence-electron chi connectivity index (χ0n) is 10.2. The summed E-state index contributed by atoms with van der Waals surface area (Å²) < 4.78 is 39.7. The van der Waals surface area contributed by atoms with Crippen LogP contribution in [-0.4, -0.2) is 8.42 Å². The van der Waals surface area contributed by atoms with E-state index >= 15 is 0 Å². The molecule has 0 spiro atoms. The van der Waals surface area contributed by atoms with Crippen molar-refractivity contribution >= 4 is 56.2 Å². The Morgan fingerprint density at radius 1 is 1.05 bits per heavy atom. The molecule has 0 aromatic heterocycles. The quantitative estimate of drug-likeness (QED) is 0.798. The highest BCUT2D eigenvalue weighted by molar-refractivity contribution is 7.92. The Hall–Kier alpha value is -1.21. The van der Waals surface area contributed by atoms with Gasteiger partial charge in [0.2, 0.25) is 0 Å². The molecule has 0 fully saturated rings. The summed E-state index contributed by atoms with van der Waals surface area (Å²) in [4.78, 5) is -0.258. The Kier molecular flexibility index (Phi) is 4.53. The molecule has 0 bridgehead atoms. The van der Waals surface area contributed by atoms with E-state index in [-0.39, 0.29) is 31.3 Å². The van der Waals surface area contributed by atoms with Crippen LogP contribution in [0, 0.1) is 5.82 Å². The maximum Gasteiger partial charge on any atom is 0.263 e. The number of rotatable bonds is 3. The molecule has 0 atom stereocenters. The van der Waals surface area contributed by atoms with Gasteiger partial charge in [-0.05, 0) is 30.3 Å². The Labute approximate surface area is 135 Å². The van der Waals surface area contributed by atoms with Crippen molar-refractivity contribution in [2.45, 2.75) is 4.90 Å². The number of anilines is 2. The van der Waals surface area contributed by atoms with Crippen LogP contribution in [0.2, 0.25) is 15.1 Å². The first kappa shape index (κ1) is 16.2. The van der Waals surface area contributed by atoms with Crippen molar-refractivity contribution in [3.8, 4) is 0 Å². The molecule has 0 unspecified atom stereocenters. The van der Waals surface area contributed by atoms with Crippen LogP contribution < -0.4 is 10.5 Å². The van der Waals surface area contributed by atoms with Crippen molar-refractivity contribution in [3.63, 3.8) is 0 Å². The van der Waals surface area contributed by atoms with Crippen LogP contribution in [-0.2, 0) is 10.0 Å². The van der Waals surface area contributed by atoms with Gasteiger partial charge in [-0.2, -0.15) is 0 Å². The maximum atomic E-state index is 13.0. The van der Waals surface area contributed by atoms with Crippen LogP contribution >= 0.6 is 34.8 Å². The summed E-state index contributed by atoms with van der Waals surface area (Å²) in [7, 11) is -4.05. The van der Waals surface area contributed by atoms with Crippen LogP contribution in [0.15, 0.2) is 35.2 Å². The molecule has 2 aromatic rings. The molecule has 0 saturated carbocycles. The van der Waals surface area contributed by atoms with Gasteiger partial charge in [0.05, 0.1) is 26.4 Å². The van der Waals surface area contributed by atoms with E-state index in [1.54, 1.807) is 0 Å². The molecular weight excluding hydrogens is 362 g/mol. The van der Waals surface area contributed by atoms with Crippen molar-refractivity contribution in [2.24, 2.45) is 0 Å². The number of benzene rings is 2. The van der Waals surface area contributed by atoms with Gasteiger partial charge in [0.15, 0.2) is 0 Å². The third-order valence-electron chi connectivity index (χ3n) is 2.56. The lowest BCUT2D eigenvalue weighted by Gasteiger charge is -2.12. The first-order chi connectivity index (χ1) is 9.72. The standard InChI is InChI=1S/C12H8Cl3FN2O2S/c13-7-2-4-10(11(15)12(7)17)21(19,20)18-9-3-1-6(16)5-8(9)14/h1-5,18H,17H2. The summed E-state index contributed by atoms with van der Waals surface area (Å²) in [6.07, 6.45) is 0. The maximum absolute atomic E-state index is 13.0. The molecule has 3 N–H and O–H groups in total. The van der Waals surface area contributed by atoms with Crippen LogP contribution in [0.4, 0.5) is 15.8 Å². The van der Waals surface area contributed by atoms with Gasteiger partial charge in [-0.3, -0.25) is 4.72 Å². The number of sulfonamides is 1. The van der Waals surface area contributed by atoms with Crippen LogP contribution in [0.25, 0.3) is 0 Å². The van der Waals surface area contributed by atoms with Crippen molar-refractivity contribution in [3.05, 3.63) is 51.2 Å². The number of nitrogens with one attached hydrogen (secondary N) is 1. The summed E-state index contributed by atoms with van der Waals surface area (Å²) >= 11 is 17.4. The van der Waals surface area contributed by atoms with E-state index in [0.29, 0.717) is 0 Å². The molecule has 0 aliphatic carbocycles. The Morgan fingerprint density at radius 3 is 2.33 bits per heavy atom. The average Bonchev–Trinajstić information content (AvgIpc) is 2.39. The lowest BCUT2D eigenvalue weighted by Crippen LogP contribution is -2.14. The topological polar surface area (TPSA) is 72.2 Å². The second-order valence-corrected chi connectivity index (χ2v) is 6.85. The van der Waals surface area contributed by atoms with E-state index in [4.69, 9.17) is 40.5 Å². The summed E-state index contributed by atoms with van der Waals surface area (Å²) in [5, 5.41) is -0.149. The van der Waals surface area contributed by atoms with Gasteiger partial charge < -0.3 is 5.73 Å². The molecule has 0 aliphatic heterocycles. The van der Waals surface area contributed by atoms with E-state index in [0.717, 1.165) is 12.1 Å². The highest BCUT2D eigenvalue weighted by atomic mass is 35.5. The molecule has 0 saturated heterocycles. The van der Waals surface area contributed by atoms with Gasteiger partial charge in [0.1, 0.15) is 10.7 Å². The summed E-state index contributed by atoms with van der Waals surface area (Å²) in [5.74, 6) is -0.586. The van der Waals surface area contributed by atoms with Crippen LogP contribution in [0.5, 0.6) is 0 Å². The zero-order valence-corrected chi connectivity index (χ0v) is 13.3. The number of nitrogens with two attached hydrogens (primary N) is 1. The smallest absolute Gasteiger partial charge is 0.263 e. The van der Waals surface area contributed by atoms with Gasteiger partial charge >= 0.3 is 0 Å². The number of halogens is 4. The van der Waals surface area contributed by atoms with E-state index in [1.165, 1.54) is 18.2 Å². The van der Waals surface area contributed by atoms with Gasteiger partial charge in [0, 0.05) is 0 Å². The molecule has 0 radical (unpaired) electrons. The van der Waals surface area contributed by atoms with E-state index < -0.39 is 15.8 Å². The number of hydrogen-bond donors (Lipinski definition) is 2. The molecule has 2 rings (SSSR count). The molecular formula is C12H8Cl3FN2O2S. The highest BCUT2D eigenvalue weighted by Crippen LogP contribution is 2.34. The molecule has 9 heteroatoms. The lowest BCUT2D eigenvalue weighted by atomic mass is 10.3. The summed E-state index contributed by atoms with van der Waals surface area (Å²) in [6, 6.07) is 5.77. The molecule has 0 amide bonds. The van der Waals surface area contributed by atoms with Gasteiger partial charge in [-0.15, -0.1) is 0 Å². The predicted octanol–water partition coefficient (Wildman–Crippen LogP) is 4.17. The van der Waals surface area contributed by atoms with E-state index in [2.05, 4.69) is 4.72 Å².